The summed E-state index contributed by atoms with van der Waals surface area (Å²) >= 11 is 0. The van der Waals surface area contributed by atoms with E-state index < -0.39 is 30.2 Å². The summed E-state index contributed by atoms with van der Waals surface area (Å²) in [5.74, 6) is -0.186. The highest BCUT2D eigenvalue weighted by molar-refractivity contribution is 5.89. The highest BCUT2D eigenvalue weighted by Gasteiger charge is 2.31. The molecule has 0 heterocycles. The zero-order chi connectivity index (χ0) is 30.4. The van der Waals surface area contributed by atoms with Gasteiger partial charge in [-0.1, -0.05) is 30.3 Å². The predicted octanol–water partition coefficient (Wildman–Crippen LogP) is 6.00. The molecule has 42 heavy (non-hydrogen) atoms. The van der Waals surface area contributed by atoms with Crippen LogP contribution in [0.5, 0.6) is 17.2 Å². The number of carbonyl (C=O) groups excluding carboxylic acids is 1. The lowest BCUT2D eigenvalue weighted by Gasteiger charge is -2.23. The number of carboxylic acid groups (broad SMARTS) is 1. The fourth-order valence-electron chi connectivity index (χ4n) is 3.85. The molecular formula is C30H33F3N2O7. The van der Waals surface area contributed by atoms with Crippen LogP contribution in [0.1, 0.15) is 18.9 Å². The Labute approximate surface area is 241 Å². The van der Waals surface area contributed by atoms with E-state index in [1.807, 2.05) is 30.3 Å². The van der Waals surface area contributed by atoms with Gasteiger partial charge < -0.3 is 34.3 Å². The van der Waals surface area contributed by atoms with Crippen LogP contribution < -0.4 is 19.5 Å². The summed E-state index contributed by atoms with van der Waals surface area (Å²) in [5, 5.41) is 12.0. The second-order valence-electron chi connectivity index (χ2n) is 8.98. The lowest BCUT2D eigenvalue weighted by Crippen LogP contribution is -2.39. The third-order valence-corrected chi connectivity index (χ3v) is 5.83. The Morgan fingerprint density at radius 1 is 0.857 bits per heavy atom. The van der Waals surface area contributed by atoms with Crippen molar-refractivity contribution < 1.29 is 46.8 Å². The highest BCUT2D eigenvalue weighted by Crippen LogP contribution is 2.24. The average Bonchev–Trinajstić information content (AvgIpc) is 2.95. The maximum absolute atomic E-state index is 13.0. The van der Waals surface area contributed by atoms with Crippen molar-refractivity contribution in [2.24, 2.45) is 0 Å². The molecule has 0 radical (unpaired) electrons. The van der Waals surface area contributed by atoms with Crippen molar-refractivity contribution in [3.8, 4) is 17.2 Å². The van der Waals surface area contributed by atoms with Gasteiger partial charge in [-0.05, 0) is 67.4 Å². The Hall–Kier alpha value is -4.45. The Morgan fingerprint density at radius 2 is 1.48 bits per heavy atom. The van der Waals surface area contributed by atoms with Crippen LogP contribution in [0, 0.1) is 0 Å². The average molecular weight is 591 g/mol. The van der Waals surface area contributed by atoms with Gasteiger partial charge in [-0.3, -0.25) is 0 Å². The highest BCUT2D eigenvalue weighted by atomic mass is 19.4. The second kappa shape index (κ2) is 16.1. The standard InChI is InChI=1S/C30H33F3N2O7/c1-2-39-27(28(36)37)21-22-9-13-25(14-10-22)41-20-18-35(17-6-19-40-24-7-4-3-5-8-24)29(38)34-23-11-15-26(16-12-23)42-30(31,32)33/h3-5,7-16,27H,2,6,17-21H2,1H3,(H,34,38)(H,36,37). The van der Waals surface area contributed by atoms with Gasteiger partial charge in [-0.25, -0.2) is 9.59 Å². The van der Waals surface area contributed by atoms with E-state index >= 15 is 0 Å². The number of alkyl halides is 3. The summed E-state index contributed by atoms with van der Waals surface area (Å²) in [4.78, 5) is 25.9. The molecule has 1 unspecified atom stereocenters. The zero-order valence-electron chi connectivity index (χ0n) is 23.0. The number of carboxylic acids is 1. The monoisotopic (exact) mass is 590 g/mol. The molecule has 2 N–H and O–H groups in total. The molecule has 0 aliphatic carbocycles. The van der Waals surface area contributed by atoms with Crippen molar-refractivity contribution in [2.75, 3.05) is 38.2 Å². The molecule has 9 nitrogen and oxygen atoms in total. The van der Waals surface area contributed by atoms with Crippen molar-refractivity contribution in [2.45, 2.75) is 32.2 Å². The maximum atomic E-state index is 13.0. The lowest BCUT2D eigenvalue weighted by molar-refractivity contribution is -0.274. The predicted molar refractivity (Wildman–Crippen MR) is 149 cm³/mol. The zero-order valence-corrected chi connectivity index (χ0v) is 23.0. The topological polar surface area (TPSA) is 107 Å². The molecule has 12 heteroatoms. The van der Waals surface area contributed by atoms with Crippen LogP contribution in [-0.2, 0) is 16.0 Å². The first-order valence-corrected chi connectivity index (χ1v) is 13.3. The molecule has 3 aromatic carbocycles. The Balaban J connectivity index is 1.56. The van der Waals surface area contributed by atoms with Gasteiger partial charge in [0.25, 0.3) is 0 Å². The number of carbonyl (C=O) groups is 2. The normalized spacial score (nSPS) is 11.8. The molecule has 226 valence electrons. The van der Waals surface area contributed by atoms with Gasteiger partial charge >= 0.3 is 18.4 Å². The number of rotatable bonds is 16. The second-order valence-corrected chi connectivity index (χ2v) is 8.98. The van der Waals surface area contributed by atoms with Gasteiger partial charge in [0.05, 0.1) is 13.2 Å². The molecule has 0 fully saturated rings. The molecule has 0 aromatic heterocycles. The van der Waals surface area contributed by atoms with Crippen LogP contribution in [0.4, 0.5) is 23.7 Å². The van der Waals surface area contributed by atoms with Crippen molar-refractivity contribution in [1.82, 2.24) is 4.90 Å². The van der Waals surface area contributed by atoms with Crippen LogP contribution in [0.2, 0.25) is 0 Å². The first kappa shape index (κ1) is 32.1. The van der Waals surface area contributed by atoms with Crippen LogP contribution in [0.3, 0.4) is 0 Å². The smallest absolute Gasteiger partial charge is 0.494 e. The van der Waals surface area contributed by atoms with Crippen LogP contribution in [-0.4, -0.2) is 67.4 Å². The number of aliphatic carboxylic acids is 1. The number of hydrogen-bond donors (Lipinski definition) is 2. The van der Waals surface area contributed by atoms with E-state index in [1.54, 1.807) is 31.2 Å². The molecule has 0 aliphatic heterocycles. The van der Waals surface area contributed by atoms with Crippen LogP contribution >= 0.6 is 0 Å². The molecule has 0 saturated carbocycles. The quantitative estimate of drug-likeness (QED) is 0.197. The van der Waals surface area contributed by atoms with Crippen molar-refractivity contribution in [3.05, 3.63) is 84.4 Å². The van der Waals surface area contributed by atoms with E-state index in [0.29, 0.717) is 43.4 Å². The van der Waals surface area contributed by atoms with E-state index in [4.69, 9.17) is 14.2 Å². The number of amides is 2. The number of halogens is 3. The molecule has 3 aromatic rings. The molecule has 0 spiro atoms. The third-order valence-electron chi connectivity index (χ3n) is 5.83. The minimum absolute atomic E-state index is 0.154. The number of hydrogen-bond acceptors (Lipinski definition) is 6. The van der Waals surface area contributed by atoms with Crippen LogP contribution in [0.15, 0.2) is 78.9 Å². The summed E-state index contributed by atoms with van der Waals surface area (Å²) in [5.41, 5.74) is 1.07. The Bertz CT molecular complexity index is 1240. The van der Waals surface area contributed by atoms with Crippen molar-refractivity contribution in [3.63, 3.8) is 0 Å². The van der Waals surface area contributed by atoms with E-state index in [0.717, 1.165) is 17.7 Å². The number of nitrogens with one attached hydrogen (secondary N) is 1. The van der Waals surface area contributed by atoms with Crippen LogP contribution in [0.25, 0.3) is 0 Å². The number of ether oxygens (including phenoxy) is 4. The summed E-state index contributed by atoms with van der Waals surface area (Å²) in [6, 6.07) is 20.6. The third kappa shape index (κ3) is 11.6. The summed E-state index contributed by atoms with van der Waals surface area (Å²) in [6.45, 7) is 3.07. The Morgan fingerprint density at radius 3 is 2.10 bits per heavy atom. The molecule has 2 amide bonds. The fourth-order valence-corrected chi connectivity index (χ4v) is 3.85. The molecule has 0 aliphatic rings. The molecule has 3 rings (SSSR count). The molecule has 1 atom stereocenters. The Kier molecular flexibility index (Phi) is 12.3. The summed E-state index contributed by atoms with van der Waals surface area (Å²) in [6.07, 6.45) is -5.02. The largest absolute Gasteiger partial charge is 0.573 e. The molecule has 0 bridgehead atoms. The van der Waals surface area contributed by atoms with Crippen molar-refractivity contribution in [1.29, 1.82) is 0 Å². The molecule has 0 saturated heterocycles. The summed E-state index contributed by atoms with van der Waals surface area (Å²) < 4.78 is 57.9. The number of para-hydroxylation sites is 1. The van der Waals surface area contributed by atoms with Gasteiger partial charge in [0.2, 0.25) is 0 Å². The number of benzene rings is 3. The number of urea groups is 1. The van der Waals surface area contributed by atoms with Gasteiger partial charge in [-0.2, -0.15) is 0 Å². The van der Waals surface area contributed by atoms with E-state index in [2.05, 4.69) is 10.1 Å². The minimum atomic E-state index is -4.81. The number of anilines is 1. The molecular weight excluding hydrogens is 557 g/mol. The first-order valence-electron chi connectivity index (χ1n) is 13.3. The first-order chi connectivity index (χ1) is 20.1. The maximum Gasteiger partial charge on any atom is 0.573 e. The summed E-state index contributed by atoms with van der Waals surface area (Å²) in [7, 11) is 0. The van der Waals surface area contributed by atoms with E-state index in [-0.39, 0.29) is 19.6 Å². The fraction of sp³-hybridized carbons (Fsp3) is 0.333. The number of nitrogens with zero attached hydrogens (tertiary/aromatic N) is 1. The van der Waals surface area contributed by atoms with Gasteiger partial charge in [0.1, 0.15) is 23.9 Å². The van der Waals surface area contributed by atoms with Gasteiger partial charge in [0, 0.05) is 25.3 Å². The van der Waals surface area contributed by atoms with Crippen molar-refractivity contribution >= 4 is 17.7 Å². The van der Waals surface area contributed by atoms with E-state index in [1.165, 1.54) is 17.0 Å². The van der Waals surface area contributed by atoms with E-state index in [9.17, 15) is 27.9 Å². The van der Waals surface area contributed by atoms with Gasteiger partial charge in [-0.15, -0.1) is 13.2 Å². The minimum Gasteiger partial charge on any atom is -0.494 e. The SMILES string of the molecule is CCOC(Cc1ccc(OCCN(CCCOc2ccccc2)C(=O)Nc2ccc(OC(F)(F)F)cc2)cc1)C(=O)O. The van der Waals surface area contributed by atoms with Gasteiger partial charge in [0.15, 0.2) is 6.10 Å². The lowest BCUT2D eigenvalue weighted by atomic mass is 10.1.